The number of allylic oxidation sites excluding steroid dienone is 2. The van der Waals surface area contributed by atoms with Gasteiger partial charge in [-0.15, -0.1) is 0 Å². The molecule has 0 spiro atoms. The van der Waals surface area contributed by atoms with Crippen molar-refractivity contribution in [1.82, 2.24) is 0 Å². The monoisotopic (exact) mass is 486 g/mol. The fourth-order valence-electron chi connectivity index (χ4n) is 2.26. The molecule has 0 heterocycles. The average Bonchev–Trinajstić information content (AvgIpc) is 2.66. The van der Waals surface area contributed by atoms with Crippen molar-refractivity contribution < 1.29 is 29.3 Å². The number of hydrogen-bond donors (Lipinski definition) is 2. The molecule has 0 aromatic heterocycles. The molecule has 0 atom stereocenters. The predicted octanol–water partition coefficient (Wildman–Crippen LogP) is 2.19. The Labute approximate surface area is 181 Å². The summed E-state index contributed by atoms with van der Waals surface area (Å²) in [6.45, 7) is 0. The number of methoxy groups -OCH3 is 2. The molecule has 0 aliphatic rings. The standard InChI is InChI=1S/C21H20O6.In.3H/c1-26-20-11-14(5-9-18(20)24)3-7-16(22)13-17(23)8-4-15-6-10-19(25)21(12-15)27-2;;;;/h3-12,24-25H,13H2,1-2H3;;;;/b7-3+,8-4+;;;;. The molecule has 2 aromatic carbocycles. The van der Waals surface area contributed by atoms with Crippen LogP contribution in [0.15, 0.2) is 48.6 Å². The van der Waals surface area contributed by atoms with Gasteiger partial charge < -0.3 is 19.7 Å². The SMILES string of the molecule is COc1cc(/C=C/C(=O)CC(=O)/C=C/c2ccc(O)c(OC)c2)ccc1O.[InH3]. The molecular weight excluding hydrogens is 463 g/mol. The molecule has 0 saturated carbocycles. The van der Waals surface area contributed by atoms with E-state index in [4.69, 9.17) is 9.47 Å². The van der Waals surface area contributed by atoms with E-state index in [1.54, 1.807) is 36.4 Å². The zero-order valence-electron chi connectivity index (χ0n) is 15.0. The van der Waals surface area contributed by atoms with E-state index in [1.807, 2.05) is 0 Å². The summed E-state index contributed by atoms with van der Waals surface area (Å²) in [4.78, 5) is 23.9. The molecule has 0 bridgehead atoms. The fourth-order valence-corrected chi connectivity index (χ4v) is 2.26. The van der Waals surface area contributed by atoms with E-state index in [-0.39, 0.29) is 55.3 Å². The van der Waals surface area contributed by atoms with Crippen molar-refractivity contribution in [2.75, 3.05) is 14.2 Å². The van der Waals surface area contributed by atoms with E-state index >= 15 is 0 Å². The molecular formula is C21H23InO6. The Morgan fingerprint density at radius 2 is 1.21 bits per heavy atom. The van der Waals surface area contributed by atoms with Gasteiger partial charge in [-0.2, -0.15) is 0 Å². The number of phenols is 2. The molecule has 0 saturated heterocycles. The van der Waals surface area contributed by atoms with Crippen LogP contribution >= 0.6 is 0 Å². The first-order chi connectivity index (χ1) is 12.9. The molecule has 2 N–H and O–H groups in total. The Morgan fingerprint density at radius 3 is 1.57 bits per heavy atom. The number of hydrogen-bond acceptors (Lipinski definition) is 6. The van der Waals surface area contributed by atoms with Gasteiger partial charge >= 0.3 is 25.8 Å². The van der Waals surface area contributed by atoms with Crippen LogP contribution in [-0.2, 0) is 9.59 Å². The van der Waals surface area contributed by atoms with Crippen LogP contribution in [0.25, 0.3) is 12.2 Å². The molecule has 0 aliphatic heterocycles. The molecule has 0 radical (unpaired) electrons. The molecule has 7 heteroatoms. The van der Waals surface area contributed by atoms with Crippen molar-refractivity contribution in [1.29, 1.82) is 0 Å². The van der Waals surface area contributed by atoms with Gasteiger partial charge in [0.05, 0.1) is 20.6 Å². The van der Waals surface area contributed by atoms with Gasteiger partial charge in [0.25, 0.3) is 0 Å². The van der Waals surface area contributed by atoms with Crippen LogP contribution in [0.2, 0.25) is 0 Å². The molecule has 2 aromatic rings. The van der Waals surface area contributed by atoms with E-state index in [2.05, 4.69) is 0 Å². The van der Waals surface area contributed by atoms with E-state index in [1.165, 1.54) is 38.5 Å². The van der Waals surface area contributed by atoms with Crippen LogP contribution in [-0.4, -0.2) is 61.8 Å². The zero-order chi connectivity index (χ0) is 19.8. The quantitative estimate of drug-likeness (QED) is 0.439. The number of carbonyl (C=O) groups excluding carboxylic acids is 2. The van der Waals surface area contributed by atoms with Crippen molar-refractivity contribution in [2.24, 2.45) is 0 Å². The fraction of sp³-hybridized carbons (Fsp3) is 0.143. The minimum atomic E-state index is -0.347. The van der Waals surface area contributed by atoms with Gasteiger partial charge in [-0.25, -0.2) is 0 Å². The van der Waals surface area contributed by atoms with Crippen molar-refractivity contribution in [2.45, 2.75) is 6.42 Å². The minimum absolute atomic E-state index is 0. The first-order valence-corrected chi connectivity index (χ1v) is 8.08. The molecule has 2 rings (SSSR count). The van der Waals surface area contributed by atoms with Crippen LogP contribution in [0.4, 0.5) is 0 Å². The van der Waals surface area contributed by atoms with Crippen LogP contribution in [0.5, 0.6) is 23.0 Å². The summed E-state index contributed by atoms with van der Waals surface area (Å²) in [7, 11) is 2.87. The number of carbonyl (C=O) groups is 2. The Balaban J connectivity index is 0.00000392. The van der Waals surface area contributed by atoms with Crippen LogP contribution in [0, 0.1) is 0 Å². The summed E-state index contributed by atoms with van der Waals surface area (Å²) in [5, 5.41) is 19.1. The summed E-state index contributed by atoms with van der Waals surface area (Å²) in [6.07, 6.45) is 5.44. The van der Waals surface area contributed by atoms with Gasteiger partial charge in [0.1, 0.15) is 0 Å². The van der Waals surface area contributed by atoms with E-state index in [0.29, 0.717) is 22.6 Å². The molecule has 0 amide bonds. The number of rotatable bonds is 8. The summed E-state index contributed by atoms with van der Waals surface area (Å²) < 4.78 is 10.00. The maximum atomic E-state index is 11.9. The van der Waals surface area contributed by atoms with E-state index in [9.17, 15) is 19.8 Å². The van der Waals surface area contributed by atoms with Gasteiger partial charge in [-0.05, 0) is 47.5 Å². The van der Waals surface area contributed by atoms with Gasteiger partial charge in [-0.1, -0.05) is 24.3 Å². The molecule has 0 aliphatic carbocycles. The van der Waals surface area contributed by atoms with Crippen molar-refractivity contribution in [3.8, 4) is 23.0 Å². The van der Waals surface area contributed by atoms with Gasteiger partial charge in [0.15, 0.2) is 34.6 Å². The summed E-state index contributed by atoms with van der Waals surface area (Å²) in [5.41, 5.74) is 1.33. The first-order valence-electron chi connectivity index (χ1n) is 8.08. The second kappa shape index (κ2) is 11.2. The van der Waals surface area contributed by atoms with Crippen LogP contribution < -0.4 is 9.47 Å². The summed E-state index contributed by atoms with van der Waals surface area (Å²) in [5.74, 6) is -0.0832. The molecule has 146 valence electrons. The first kappa shape index (κ1) is 23.4. The van der Waals surface area contributed by atoms with Crippen molar-refractivity contribution in [3.63, 3.8) is 0 Å². The Hall–Kier alpha value is -2.67. The van der Waals surface area contributed by atoms with Gasteiger partial charge in [0, 0.05) is 0 Å². The number of benzene rings is 2. The third-order valence-electron chi connectivity index (χ3n) is 3.68. The van der Waals surface area contributed by atoms with E-state index in [0.717, 1.165) is 0 Å². The molecule has 0 fully saturated rings. The Bertz CT molecular complexity index is 828. The second-order valence-electron chi connectivity index (χ2n) is 5.64. The Morgan fingerprint density at radius 1 is 0.821 bits per heavy atom. The van der Waals surface area contributed by atoms with E-state index < -0.39 is 0 Å². The number of ether oxygens (including phenoxy) is 2. The Kier molecular flexibility index (Phi) is 9.38. The number of aromatic hydroxyl groups is 2. The van der Waals surface area contributed by atoms with Gasteiger partial charge in [0.2, 0.25) is 0 Å². The normalized spacial score (nSPS) is 10.6. The summed E-state index contributed by atoms with van der Waals surface area (Å²) in [6, 6.07) is 9.34. The zero-order valence-corrected chi connectivity index (χ0v) is 15.0. The number of ketones is 2. The number of phenolic OH excluding ortho intramolecular Hbond substituents is 2. The third kappa shape index (κ3) is 6.81. The van der Waals surface area contributed by atoms with Crippen LogP contribution in [0.1, 0.15) is 17.5 Å². The van der Waals surface area contributed by atoms with Crippen molar-refractivity contribution in [3.05, 3.63) is 59.7 Å². The van der Waals surface area contributed by atoms with Crippen molar-refractivity contribution >= 4 is 49.6 Å². The van der Waals surface area contributed by atoms with Crippen LogP contribution in [0.3, 0.4) is 0 Å². The topological polar surface area (TPSA) is 93.1 Å². The molecule has 28 heavy (non-hydrogen) atoms. The predicted molar refractivity (Wildman–Crippen MR) is 112 cm³/mol. The maximum absolute atomic E-state index is 11.9. The second-order valence-corrected chi connectivity index (χ2v) is 5.64. The molecule has 6 nitrogen and oxygen atoms in total. The average molecular weight is 486 g/mol. The third-order valence-corrected chi connectivity index (χ3v) is 3.68. The molecule has 0 unspecified atom stereocenters. The van der Waals surface area contributed by atoms with Gasteiger partial charge in [-0.3, -0.25) is 9.59 Å². The summed E-state index contributed by atoms with van der Waals surface area (Å²) >= 11 is 0.